The van der Waals surface area contributed by atoms with E-state index in [2.05, 4.69) is 48.9 Å². The number of dihydropyridines is 1. The van der Waals surface area contributed by atoms with Gasteiger partial charge in [-0.3, -0.25) is 29.8 Å². The number of Topliss-reactive ketones (excluding diaryl/α,β-unsaturated/α-hetero) is 2. The zero-order valence-electron chi connectivity index (χ0n) is 24.5. The van der Waals surface area contributed by atoms with Crippen LogP contribution in [0.15, 0.2) is 57.3 Å². The van der Waals surface area contributed by atoms with E-state index < -0.39 is 27.1 Å². The summed E-state index contributed by atoms with van der Waals surface area (Å²) >= 11 is 3.53. The van der Waals surface area contributed by atoms with Crippen molar-refractivity contribution >= 4 is 38.9 Å². The number of nitrogens with one attached hydrogen (secondary N) is 1. The van der Waals surface area contributed by atoms with Crippen LogP contribution in [0.4, 0.5) is 11.4 Å². The van der Waals surface area contributed by atoms with Crippen molar-refractivity contribution in [2.45, 2.75) is 66.2 Å². The predicted molar refractivity (Wildman–Crippen MR) is 161 cm³/mol. The van der Waals surface area contributed by atoms with E-state index in [0.29, 0.717) is 46.9 Å². The fraction of sp³-hybridized carbons (Fsp3) is 0.419. The molecule has 0 unspecified atom stereocenters. The molecule has 0 bridgehead atoms. The maximum Gasteiger partial charge on any atom is 0.318 e. The minimum absolute atomic E-state index is 0.0242. The number of hydrogen-bond donors (Lipinski definition) is 1. The molecule has 2 aliphatic carbocycles. The third-order valence-corrected chi connectivity index (χ3v) is 8.54. The molecule has 43 heavy (non-hydrogen) atoms. The van der Waals surface area contributed by atoms with Gasteiger partial charge in [0.2, 0.25) is 5.75 Å². The number of nitro groups is 2. The first kappa shape index (κ1) is 30.4. The smallest absolute Gasteiger partial charge is 0.318 e. The number of non-ortho nitro benzene ring substituents is 1. The zero-order valence-corrected chi connectivity index (χ0v) is 26.1. The van der Waals surface area contributed by atoms with Crippen LogP contribution in [-0.4, -0.2) is 28.0 Å². The van der Waals surface area contributed by atoms with Crippen molar-refractivity contribution < 1.29 is 28.9 Å². The van der Waals surface area contributed by atoms with Crippen LogP contribution in [0.5, 0.6) is 17.2 Å². The number of ether oxygens (including phenoxy) is 2. The number of carbonyl (C=O) groups is 2. The Bertz CT molecular complexity index is 1600. The van der Waals surface area contributed by atoms with Gasteiger partial charge in [0.1, 0.15) is 0 Å². The second-order valence-electron chi connectivity index (χ2n) is 12.8. The standard InChI is InChI=1S/C31H32BrN3O8/c1-6-42-25-10-16(9-18(32)29(25)43-24-8-7-17(34(38)39)11-21(24)35(40)41)26-27-19(12-30(2,3)14-22(27)36)33-20-13-31(4,5)15-23(37)28(20)26/h7-11,26,33H,6,12-15H2,1-5H3. The Labute approximate surface area is 256 Å². The van der Waals surface area contributed by atoms with Gasteiger partial charge in [-0.05, 0) is 70.3 Å². The molecule has 3 aliphatic rings. The van der Waals surface area contributed by atoms with Crippen LogP contribution in [0, 0.1) is 31.1 Å². The molecule has 0 fully saturated rings. The highest BCUT2D eigenvalue weighted by Gasteiger charge is 2.46. The molecular formula is C31H32BrN3O8. The van der Waals surface area contributed by atoms with Crippen molar-refractivity contribution in [2.75, 3.05) is 6.61 Å². The lowest BCUT2D eigenvalue weighted by molar-refractivity contribution is -0.394. The number of benzene rings is 2. The summed E-state index contributed by atoms with van der Waals surface area (Å²) < 4.78 is 12.3. The van der Waals surface area contributed by atoms with E-state index in [1.807, 2.05) is 0 Å². The van der Waals surface area contributed by atoms with Gasteiger partial charge in [-0.15, -0.1) is 0 Å². The van der Waals surface area contributed by atoms with Gasteiger partial charge in [0.05, 0.1) is 27.0 Å². The van der Waals surface area contributed by atoms with E-state index in [1.165, 1.54) is 0 Å². The third-order valence-electron chi connectivity index (χ3n) is 7.95. The van der Waals surface area contributed by atoms with Crippen LogP contribution in [0.25, 0.3) is 0 Å². The number of halogens is 1. The van der Waals surface area contributed by atoms with Gasteiger partial charge in [0, 0.05) is 47.4 Å². The van der Waals surface area contributed by atoms with E-state index in [9.17, 15) is 29.8 Å². The number of allylic oxidation sites excluding steroid dienone is 4. The van der Waals surface area contributed by atoms with Crippen molar-refractivity contribution in [1.82, 2.24) is 5.32 Å². The monoisotopic (exact) mass is 653 g/mol. The molecule has 226 valence electrons. The number of ketones is 2. The molecular weight excluding hydrogens is 622 g/mol. The Morgan fingerprint density at radius 2 is 1.47 bits per heavy atom. The van der Waals surface area contributed by atoms with Gasteiger partial charge in [-0.2, -0.15) is 0 Å². The van der Waals surface area contributed by atoms with Crippen molar-refractivity contribution in [2.24, 2.45) is 10.8 Å². The van der Waals surface area contributed by atoms with Gasteiger partial charge in [0.15, 0.2) is 23.1 Å². The molecule has 0 saturated heterocycles. The summed E-state index contributed by atoms with van der Waals surface area (Å²) in [7, 11) is 0. The second kappa shape index (κ2) is 10.9. The molecule has 12 heteroatoms. The Balaban J connectivity index is 1.66. The molecule has 2 aromatic rings. The number of carbonyl (C=O) groups excluding carboxylic acids is 2. The molecule has 2 aromatic carbocycles. The van der Waals surface area contributed by atoms with Gasteiger partial charge in [0.25, 0.3) is 5.69 Å². The summed E-state index contributed by atoms with van der Waals surface area (Å²) in [6.45, 7) is 10.2. The summed E-state index contributed by atoms with van der Waals surface area (Å²) in [5.74, 6) is -0.540. The molecule has 1 N–H and O–H groups in total. The summed E-state index contributed by atoms with van der Waals surface area (Å²) in [6.07, 6.45) is 1.99. The molecule has 0 atom stereocenters. The normalized spacial score (nSPS) is 19.4. The topological polar surface area (TPSA) is 151 Å². The first-order valence-electron chi connectivity index (χ1n) is 14.0. The highest BCUT2D eigenvalue weighted by atomic mass is 79.9. The summed E-state index contributed by atoms with van der Waals surface area (Å²) in [6, 6.07) is 6.56. The van der Waals surface area contributed by atoms with Crippen LogP contribution >= 0.6 is 15.9 Å². The number of rotatable bonds is 7. The largest absolute Gasteiger partial charge is 0.490 e. The number of nitro benzene ring substituents is 2. The summed E-state index contributed by atoms with van der Waals surface area (Å²) in [4.78, 5) is 48.9. The average Bonchev–Trinajstić information content (AvgIpc) is 2.87. The zero-order chi connectivity index (χ0) is 31.4. The van der Waals surface area contributed by atoms with Gasteiger partial charge in [-0.1, -0.05) is 27.7 Å². The highest BCUT2D eigenvalue weighted by molar-refractivity contribution is 9.10. The maximum absolute atomic E-state index is 13.7. The molecule has 0 radical (unpaired) electrons. The molecule has 0 spiro atoms. The second-order valence-corrected chi connectivity index (χ2v) is 13.6. The lowest BCUT2D eigenvalue weighted by atomic mass is 9.64. The molecule has 1 heterocycles. The first-order valence-corrected chi connectivity index (χ1v) is 14.8. The van der Waals surface area contributed by atoms with Crippen LogP contribution in [0.3, 0.4) is 0 Å². The number of nitrogens with zero attached hydrogens (tertiary/aromatic N) is 2. The van der Waals surface area contributed by atoms with Crippen molar-refractivity contribution in [1.29, 1.82) is 0 Å². The first-order chi connectivity index (χ1) is 20.1. The maximum atomic E-state index is 13.7. The molecule has 0 aromatic heterocycles. The predicted octanol–water partition coefficient (Wildman–Crippen LogP) is 7.43. The highest BCUT2D eigenvalue weighted by Crippen LogP contribution is 2.53. The molecule has 1 aliphatic heterocycles. The van der Waals surface area contributed by atoms with E-state index in [-0.39, 0.29) is 46.3 Å². The van der Waals surface area contributed by atoms with Crippen LogP contribution in [0.1, 0.15) is 71.8 Å². The number of hydrogen-bond acceptors (Lipinski definition) is 9. The molecule has 11 nitrogen and oxygen atoms in total. The van der Waals surface area contributed by atoms with Crippen molar-refractivity contribution in [3.63, 3.8) is 0 Å². The minimum Gasteiger partial charge on any atom is -0.490 e. The SMILES string of the molecule is CCOc1cc(C2C3=C(CC(C)(C)CC3=O)NC3=C2C(=O)CC(C)(C)C3)cc(Br)c1Oc1ccc([N+](=O)[O-])cc1[N+](=O)[O-]. The lowest BCUT2D eigenvalue weighted by Gasteiger charge is -2.44. The Morgan fingerprint density at radius 3 is 1.98 bits per heavy atom. The van der Waals surface area contributed by atoms with Gasteiger partial charge in [-0.25, -0.2) is 0 Å². The summed E-state index contributed by atoms with van der Waals surface area (Å²) in [5.41, 5.74) is 1.92. The van der Waals surface area contributed by atoms with Crippen LogP contribution in [-0.2, 0) is 9.59 Å². The Morgan fingerprint density at radius 1 is 0.884 bits per heavy atom. The molecule has 5 rings (SSSR count). The van der Waals surface area contributed by atoms with Gasteiger partial charge < -0.3 is 14.8 Å². The Hall–Kier alpha value is -4.06. The fourth-order valence-corrected chi connectivity index (χ4v) is 6.84. The average molecular weight is 655 g/mol. The van der Waals surface area contributed by atoms with E-state index in [1.54, 1.807) is 19.1 Å². The lowest BCUT2D eigenvalue weighted by Crippen LogP contribution is -2.42. The Kier molecular flexibility index (Phi) is 7.70. The van der Waals surface area contributed by atoms with E-state index in [0.717, 1.165) is 29.6 Å². The summed E-state index contributed by atoms with van der Waals surface area (Å²) in [5, 5.41) is 26.4. The quantitative estimate of drug-likeness (QED) is 0.237. The minimum atomic E-state index is -0.756. The van der Waals surface area contributed by atoms with Crippen molar-refractivity contribution in [3.05, 3.63) is 83.1 Å². The van der Waals surface area contributed by atoms with Gasteiger partial charge >= 0.3 is 5.69 Å². The van der Waals surface area contributed by atoms with E-state index in [4.69, 9.17) is 9.47 Å². The van der Waals surface area contributed by atoms with E-state index >= 15 is 0 Å². The van der Waals surface area contributed by atoms with Crippen LogP contribution in [0.2, 0.25) is 0 Å². The third kappa shape index (κ3) is 5.80. The molecule has 0 amide bonds. The van der Waals surface area contributed by atoms with Crippen LogP contribution < -0.4 is 14.8 Å². The molecule has 0 saturated carbocycles. The van der Waals surface area contributed by atoms with Crippen molar-refractivity contribution in [3.8, 4) is 17.2 Å². The fourth-order valence-electron chi connectivity index (χ4n) is 6.30.